The summed E-state index contributed by atoms with van der Waals surface area (Å²) in [5.74, 6) is -3.51. The lowest BCUT2D eigenvalue weighted by molar-refractivity contribution is -0.158. The maximum absolute atomic E-state index is 14.5. The van der Waals surface area contributed by atoms with Crippen LogP contribution < -0.4 is 21.3 Å². The zero-order valence-electron chi connectivity index (χ0n) is 31.9. The molecule has 0 saturated carbocycles. The summed E-state index contributed by atoms with van der Waals surface area (Å²) in [7, 11) is 0. The van der Waals surface area contributed by atoms with Crippen LogP contribution in [0.5, 0.6) is 0 Å². The summed E-state index contributed by atoms with van der Waals surface area (Å²) in [6.45, 7) is 5.54. The first-order valence-corrected chi connectivity index (χ1v) is 19.7. The number of nitrogens with one attached hydrogen (secondary N) is 4. The highest BCUT2D eigenvalue weighted by atomic mass is 35.5. The fourth-order valence-corrected chi connectivity index (χ4v) is 8.26. The number of urea groups is 1. The molecule has 4 fully saturated rings. The zero-order chi connectivity index (χ0) is 40.1. The van der Waals surface area contributed by atoms with Crippen LogP contribution >= 0.6 is 11.6 Å². The van der Waals surface area contributed by atoms with Crippen molar-refractivity contribution in [1.82, 2.24) is 30.7 Å². The van der Waals surface area contributed by atoms with E-state index in [1.165, 1.54) is 14.7 Å². The predicted octanol–water partition coefficient (Wildman–Crippen LogP) is 2.54. The highest BCUT2D eigenvalue weighted by Gasteiger charge is 2.46. The van der Waals surface area contributed by atoms with E-state index in [-0.39, 0.29) is 25.4 Å². The molecule has 0 aliphatic carbocycles. The molecular formula is C40H50ClN7O8. The van der Waals surface area contributed by atoms with Gasteiger partial charge in [0.05, 0.1) is 0 Å². The van der Waals surface area contributed by atoms with Gasteiger partial charge < -0.3 is 40.7 Å². The maximum atomic E-state index is 14.5. The Balaban J connectivity index is 1.30. The van der Waals surface area contributed by atoms with Crippen molar-refractivity contribution < 1.29 is 38.3 Å². The molecule has 15 nitrogen and oxygen atoms in total. The number of ether oxygens (including phenoxy) is 1. The molecule has 16 heteroatoms. The number of fused-ring (bicyclic) bond motifs is 3. The zero-order valence-corrected chi connectivity index (χ0v) is 32.7. The Morgan fingerprint density at radius 1 is 0.875 bits per heavy atom. The van der Waals surface area contributed by atoms with E-state index < -0.39 is 84.4 Å². The van der Waals surface area contributed by atoms with Gasteiger partial charge in [0.15, 0.2) is 0 Å². The first-order valence-electron chi connectivity index (χ1n) is 19.4. The molecule has 56 heavy (non-hydrogen) atoms. The SMILES string of the molecule is Cc1cccc(C[C@H](NC(=O)Nc2ccc(Cl)cc2)C(=O)N[C@H]2COC(=O)[C@@H]3C[C@H](C)CN3C(=O)[C@H](C)NC(=O)[C@@H]3CCCCN3C(=O)[C@@H]3CCCN3C2=O)c1. The second-order valence-corrected chi connectivity index (χ2v) is 15.8. The second kappa shape index (κ2) is 17.7. The molecule has 0 unspecified atom stereocenters. The molecule has 300 valence electrons. The van der Waals surface area contributed by atoms with E-state index in [0.717, 1.165) is 11.1 Å². The molecule has 4 heterocycles. The van der Waals surface area contributed by atoms with Crippen molar-refractivity contribution in [3.8, 4) is 0 Å². The van der Waals surface area contributed by atoms with Gasteiger partial charge in [-0.1, -0.05) is 48.4 Å². The Morgan fingerprint density at radius 2 is 1.59 bits per heavy atom. The van der Waals surface area contributed by atoms with E-state index in [1.54, 1.807) is 31.2 Å². The normalized spacial score (nSPS) is 26.7. The van der Waals surface area contributed by atoms with E-state index >= 15 is 0 Å². The highest BCUT2D eigenvalue weighted by molar-refractivity contribution is 6.30. The maximum Gasteiger partial charge on any atom is 0.328 e. The average molecular weight is 792 g/mol. The third-order valence-electron chi connectivity index (χ3n) is 11.0. The Labute approximate surface area is 331 Å². The molecule has 4 aliphatic rings. The molecule has 2 aromatic carbocycles. The van der Waals surface area contributed by atoms with Crippen molar-refractivity contribution in [2.45, 2.75) is 102 Å². The average Bonchev–Trinajstić information content (AvgIpc) is 3.83. The Bertz CT molecular complexity index is 1840. The smallest absolute Gasteiger partial charge is 0.328 e. The topological polar surface area (TPSA) is 187 Å². The van der Waals surface area contributed by atoms with E-state index in [9.17, 15) is 33.6 Å². The summed E-state index contributed by atoms with van der Waals surface area (Å²) in [5.41, 5.74) is 2.11. The lowest BCUT2D eigenvalue weighted by atomic mass is 9.99. The van der Waals surface area contributed by atoms with E-state index in [2.05, 4.69) is 21.3 Å². The molecule has 4 N–H and O–H groups in total. The van der Waals surface area contributed by atoms with Crippen LogP contribution in [0, 0.1) is 12.8 Å². The fourth-order valence-electron chi connectivity index (χ4n) is 8.13. The highest BCUT2D eigenvalue weighted by Crippen LogP contribution is 2.28. The summed E-state index contributed by atoms with van der Waals surface area (Å²) >= 11 is 6.00. The van der Waals surface area contributed by atoms with Gasteiger partial charge in [0.1, 0.15) is 42.9 Å². The fraction of sp³-hybridized carbons (Fsp3) is 0.525. The molecule has 0 aromatic heterocycles. The number of halogens is 1. The molecule has 7 atom stereocenters. The number of esters is 1. The van der Waals surface area contributed by atoms with Crippen LogP contribution in [0.1, 0.15) is 63.5 Å². The number of amides is 7. The molecule has 0 spiro atoms. The number of carbonyl (C=O) groups is 7. The van der Waals surface area contributed by atoms with Crippen molar-refractivity contribution in [1.29, 1.82) is 0 Å². The molecule has 7 amide bonds. The quantitative estimate of drug-likeness (QED) is 0.322. The summed E-state index contributed by atoms with van der Waals surface area (Å²) in [4.78, 5) is 102. The third-order valence-corrected chi connectivity index (χ3v) is 11.2. The minimum atomic E-state index is -1.45. The van der Waals surface area contributed by atoms with Gasteiger partial charge in [-0.15, -0.1) is 0 Å². The Kier molecular flexibility index (Phi) is 12.8. The largest absolute Gasteiger partial charge is 0.461 e. The lowest BCUT2D eigenvalue weighted by Gasteiger charge is -2.39. The minimum absolute atomic E-state index is 0.0529. The van der Waals surface area contributed by atoms with Gasteiger partial charge in [-0.25, -0.2) is 9.59 Å². The number of cyclic esters (lactones) is 1. The number of anilines is 1. The number of piperidine rings is 1. The summed E-state index contributed by atoms with van der Waals surface area (Å²) in [6, 6.07) is 6.83. The van der Waals surface area contributed by atoms with Gasteiger partial charge in [-0.2, -0.15) is 0 Å². The van der Waals surface area contributed by atoms with E-state index in [0.29, 0.717) is 55.8 Å². The van der Waals surface area contributed by atoms with E-state index in [1.807, 2.05) is 38.1 Å². The van der Waals surface area contributed by atoms with Crippen LogP contribution in [0.25, 0.3) is 0 Å². The number of hydrogen-bond acceptors (Lipinski definition) is 8. The van der Waals surface area contributed by atoms with Crippen LogP contribution in [-0.2, 0) is 39.9 Å². The first-order chi connectivity index (χ1) is 26.8. The number of aryl methyl sites for hydroxylation is 1. The van der Waals surface area contributed by atoms with Crippen LogP contribution in [0.2, 0.25) is 5.02 Å². The molecule has 0 radical (unpaired) electrons. The van der Waals surface area contributed by atoms with Crippen molar-refractivity contribution >= 4 is 58.8 Å². The van der Waals surface area contributed by atoms with Gasteiger partial charge in [0.2, 0.25) is 29.5 Å². The summed E-state index contributed by atoms with van der Waals surface area (Å²) < 4.78 is 5.75. The number of rotatable bonds is 6. The predicted molar refractivity (Wildman–Crippen MR) is 206 cm³/mol. The number of hydrogen-bond donors (Lipinski definition) is 4. The van der Waals surface area contributed by atoms with Gasteiger partial charge in [0.25, 0.3) is 0 Å². The van der Waals surface area contributed by atoms with Crippen LogP contribution in [0.15, 0.2) is 48.5 Å². The van der Waals surface area contributed by atoms with Crippen molar-refractivity contribution in [3.63, 3.8) is 0 Å². The molecular weight excluding hydrogens is 742 g/mol. The molecule has 2 aromatic rings. The van der Waals surface area contributed by atoms with Crippen LogP contribution in [-0.4, -0.2) is 119 Å². The third kappa shape index (κ3) is 9.43. The van der Waals surface area contributed by atoms with Crippen molar-refractivity contribution in [2.75, 3.05) is 31.6 Å². The van der Waals surface area contributed by atoms with Crippen molar-refractivity contribution in [2.24, 2.45) is 5.92 Å². The van der Waals surface area contributed by atoms with Crippen LogP contribution in [0.3, 0.4) is 0 Å². The first kappa shape index (κ1) is 40.5. The molecule has 4 aliphatic heterocycles. The van der Waals surface area contributed by atoms with Crippen LogP contribution in [0.4, 0.5) is 10.5 Å². The van der Waals surface area contributed by atoms with Gasteiger partial charge in [-0.3, -0.25) is 24.0 Å². The minimum Gasteiger partial charge on any atom is -0.461 e. The second-order valence-electron chi connectivity index (χ2n) is 15.4. The van der Waals surface area contributed by atoms with Crippen molar-refractivity contribution in [3.05, 3.63) is 64.7 Å². The molecule has 0 bridgehead atoms. The Hall–Kier alpha value is -5.18. The summed E-state index contributed by atoms with van der Waals surface area (Å²) in [5, 5.41) is 11.4. The van der Waals surface area contributed by atoms with Gasteiger partial charge >= 0.3 is 12.0 Å². The number of benzene rings is 2. The van der Waals surface area contributed by atoms with Gasteiger partial charge in [-0.05, 0) is 88.1 Å². The number of nitrogens with zero attached hydrogens (tertiary/aromatic N) is 3. The summed E-state index contributed by atoms with van der Waals surface area (Å²) in [6.07, 6.45) is 2.97. The monoisotopic (exact) mass is 791 g/mol. The molecule has 4 saturated heterocycles. The lowest BCUT2D eigenvalue weighted by Crippen LogP contribution is -2.62. The number of carbonyl (C=O) groups excluding carboxylic acids is 7. The van der Waals surface area contributed by atoms with E-state index in [4.69, 9.17) is 16.3 Å². The molecule has 6 rings (SSSR count). The Morgan fingerprint density at radius 3 is 2.34 bits per heavy atom. The standard InChI is InChI=1S/C40H50ClN7O8/c1-23-8-6-9-26(18-23)20-29(45-40(55)43-28-14-12-27(41)13-15-28)34(49)44-30-22-56-39(54)33-19-24(2)21-48(33)36(51)25(3)42-35(50)31-10-4-5-16-46(31)38(53)32-11-7-17-47(32)37(30)52/h6,8-9,12-15,18,24-25,29-33H,4-5,7,10-11,16-17,19-22H2,1-3H3,(H,42,50)(H,44,49)(H2,43,45,55)/t24-,25-,29-,30-,31-,32-,33-/m0/s1. The van der Waals surface area contributed by atoms with Gasteiger partial charge in [0, 0.05) is 36.8 Å².